The SMILES string of the molecule is NC(=O)[C@H](Cc1ccccc1)NC(=O)[C@H](CCCN=C(N)N)NC(=O)[C@H](CC1CCCCC1)NC(=O)c1cnc2ccccc2n1. The van der Waals surface area contributed by atoms with Crippen LogP contribution in [0, 0.1) is 5.92 Å². The van der Waals surface area contributed by atoms with Gasteiger partial charge in [0.25, 0.3) is 5.91 Å². The van der Waals surface area contributed by atoms with Crippen LogP contribution in [0.2, 0.25) is 0 Å². The van der Waals surface area contributed by atoms with E-state index >= 15 is 0 Å². The van der Waals surface area contributed by atoms with E-state index < -0.39 is 41.8 Å². The number of hydrogen-bond acceptors (Lipinski definition) is 7. The van der Waals surface area contributed by atoms with Crippen molar-refractivity contribution in [3.05, 3.63) is 72.1 Å². The van der Waals surface area contributed by atoms with Gasteiger partial charge in [0, 0.05) is 13.0 Å². The summed E-state index contributed by atoms with van der Waals surface area (Å²) in [6.07, 6.45) is 7.62. The van der Waals surface area contributed by atoms with Crippen molar-refractivity contribution in [2.75, 3.05) is 6.54 Å². The highest BCUT2D eigenvalue weighted by molar-refractivity contribution is 5.98. The lowest BCUT2D eigenvalue weighted by Gasteiger charge is -2.28. The molecule has 0 spiro atoms. The normalized spacial score (nSPS) is 15.2. The largest absolute Gasteiger partial charge is 0.370 e. The first-order chi connectivity index (χ1) is 22.2. The van der Waals surface area contributed by atoms with E-state index in [1.54, 1.807) is 18.2 Å². The van der Waals surface area contributed by atoms with Crippen LogP contribution in [-0.2, 0) is 20.8 Å². The molecule has 0 aliphatic heterocycles. The molecule has 2 aromatic carbocycles. The third-order valence-corrected chi connectivity index (χ3v) is 8.12. The van der Waals surface area contributed by atoms with Gasteiger partial charge in [0.1, 0.15) is 23.8 Å². The molecule has 0 bridgehead atoms. The smallest absolute Gasteiger partial charge is 0.272 e. The van der Waals surface area contributed by atoms with Gasteiger partial charge >= 0.3 is 0 Å². The van der Waals surface area contributed by atoms with Gasteiger partial charge in [-0.3, -0.25) is 29.2 Å². The van der Waals surface area contributed by atoms with Crippen molar-refractivity contribution in [1.29, 1.82) is 0 Å². The Labute approximate surface area is 268 Å². The Morgan fingerprint density at radius 3 is 2.15 bits per heavy atom. The highest BCUT2D eigenvalue weighted by Crippen LogP contribution is 2.27. The molecular weight excluding hydrogens is 586 g/mol. The van der Waals surface area contributed by atoms with Gasteiger partial charge in [0.2, 0.25) is 17.7 Å². The summed E-state index contributed by atoms with van der Waals surface area (Å²) in [5.41, 5.74) is 18.6. The number of nitrogens with one attached hydrogen (secondary N) is 3. The van der Waals surface area contributed by atoms with Gasteiger partial charge < -0.3 is 33.2 Å². The molecule has 46 heavy (non-hydrogen) atoms. The van der Waals surface area contributed by atoms with Crippen molar-refractivity contribution >= 4 is 40.6 Å². The number of carbonyl (C=O) groups excluding carboxylic acids is 4. The summed E-state index contributed by atoms with van der Waals surface area (Å²) in [4.78, 5) is 65.8. The zero-order valence-electron chi connectivity index (χ0n) is 25.9. The van der Waals surface area contributed by atoms with Gasteiger partial charge in [0.05, 0.1) is 17.2 Å². The summed E-state index contributed by atoms with van der Waals surface area (Å²) in [5.74, 6) is -2.21. The standard InChI is InChI=1S/C33H43N9O4/c34-29(43)26(18-21-10-3-1-4-11-21)41-30(44)25(16-9-17-37-33(35)36)40-31(45)27(19-22-12-5-2-6-13-22)42-32(46)28-20-38-23-14-7-8-15-24(23)39-28/h1,3-4,7-8,10-11,14-15,20,22,25-27H,2,5-6,9,12-13,16-19H2,(H2,34,43)(H,40,45)(H,41,44)(H,42,46)(H4,35,36,37)/t25-,26-,27-/m0/s1. The molecule has 1 saturated carbocycles. The van der Waals surface area contributed by atoms with E-state index in [4.69, 9.17) is 17.2 Å². The Balaban J connectivity index is 1.52. The second-order valence-electron chi connectivity index (χ2n) is 11.7. The average Bonchev–Trinajstić information content (AvgIpc) is 3.05. The molecule has 1 aliphatic rings. The summed E-state index contributed by atoms with van der Waals surface area (Å²) in [6, 6.07) is 13.4. The van der Waals surface area contributed by atoms with Crippen LogP contribution in [0.5, 0.6) is 0 Å². The molecule has 13 heteroatoms. The number of benzene rings is 2. The number of aromatic nitrogens is 2. The molecule has 4 rings (SSSR count). The van der Waals surface area contributed by atoms with E-state index in [1.807, 2.05) is 36.4 Å². The van der Waals surface area contributed by atoms with Gasteiger partial charge in [-0.25, -0.2) is 4.98 Å². The maximum atomic E-state index is 13.9. The Morgan fingerprint density at radius 2 is 1.46 bits per heavy atom. The fraction of sp³-hybridized carbons (Fsp3) is 0.424. The van der Waals surface area contributed by atoms with Crippen LogP contribution in [0.25, 0.3) is 11.0 Å². The van der Waals surface area contributed by atoms with Gasteiger partial charge in [0.15, 0.2) is 5.96 Å². The summed E-state index contributed by atoms with van der Waals surface area (Å²) in [5, 5.41) is 8.38. The maximum Gasteiger partial charge on any atom is 0.272 e. The molecule has 244 valence electrons. The van der Waals surface area contributed by atoms with Crippen LogP contribution in [0.15, 0.2) is 65.8 Å². The molecular formula is C33H43N9O4. The number of para-hydroxylation sites is 2. The monoisotopic (exact) mass is 629 g/mol. The number of primary amides is 1. The molecule has 1 fully saturated rings. The maximum absolute atomic E-state index is 13.9. The zero-order valence-corrected chi connectivity index (χ0v) is 25.9. The molecule has 1 heterocycles. The fourth-order valence-corrected chi connectivity index (χ4v) is 5.68. The predicted molar refractivity (Wildman–Crippen MR) is 175 cm³/mol. The van der Waals surface area contributed by atoms with Crippen molar-refractivity contribution in [3.63, 3.8) is 0 Å². The van der Waals surface area contributed by atoms with E-state index in [1.165, 1.54) is 6.20 Å². The average molecular weight is 630 g/mol. The van der Waals surface area contributed by atoms with Gasteiger partial charge in [-0.05, 0) is 42.9 Å². The van der Waals surface area contributed by atoms with E-state index in [0.717, 1.165) is 37.7 Å². The number of carbonyl (C=O) groups is 4. The lowest BCUT2D eigenvalue weighted by atomic mass is 9.84. The van der Waals surface area contributed by atoms with E-state index in [9.17, 15) is 19.2 Å². The highest BCUT2D eigenvalue weighted by atomic mass is 16.2. The Kier molecular flexibility index (Phi) is 12.4. The van der Waals surface area contributed by atoms with Gasteiger partial charge in [-0.1, -0.05) is 74.6 Å². The number of fused-ring (bicyclic) bond motifs is 1. The summed E-state index contributed by atoms with van der Waals surface area (Å²) < 4.78 is 0. The first kappa shape index (κ1) is 33.8. The topological polar surface area (TPSA) is 221 Å². The Bertz CT molecular complexity index is 1520. The molecule has 4 amide bonds. The van der Waals surface area contributed by atoms with Crippen molar-refractivity contribution in [2.45, 2.75) is 75.9 Å². The minimum atomic E-state index is -1.05. The molecule has 0 saturated heterocycles. The number of aliphatic imine (C=N–C) groups is 1. The minimum absolute atomic E-state index is 0.0804. The van der Waals surface area contributed by atoms with Crippen molar-refractivity contribution in [3.8, 4) is 0 Å². The van der Waals surface area contributed by atoms with Crippen LogP contribution in [0.4, 0.5) is 0 Å². The predicted octanol–water partition coefficient (Wildman–Crippen LogP) is 1.45. The van der Waals surface area contributed by atoms with Crippen LogP contribution >= 0.6 is 0 Å². The van der Waals surface area contributed by atoms with Crippen molar-refractivity contribution in [2.24, 2.45) is 28.1 Å². The molecule has 9 N–H and O–H groups in total. The van der Waals surface area contributed by atoms with Crippen LogP contribution < -0.4 is 33.2 Å². The highest BCUT2D eigenvalue weighted by Gasteiger charge is 2.31. The number of amides is 4. The second kappa shape index (κ2) is 16.8. The lowest BCUT2D eigenvalue weighted by molar-refractivity contribution is -0.132. The van der Waals surface area contributed by atoms with Crippen molar-refractivity contribution in [1.82, 2.24) is 25.9 Å². The molecule has 1 aliphatic carbocycles. The lowest BCUT2D eigenvalue weighted by Crippen LogP contribution is -2.57. The number of guanidine groups is 1. The molecule has 1 aromatic heterocycles. The first-order valence-corrected chi connectivity index (χ1v) is 15.7. The number of rotatable bonds is 15. The van der Waals surface area contributed by atoms with Crippen LogP contribution in [0.1, 0.15) is 67.4 Å². The summed E-state index contributed by atoms with van der Waals surface area (Å²) in [7, 11) is 0. The third-order valence-electron chi connectivity index (χ3n) is 8.12. The van der Waals surface area contributed by atoms with Gasteiger partial charge in [-0.15, -0.1) is 0 Å². The Hall–Kier alpha value is -5.07. The fourth-order valence-electron chi connectivity index (χ4n) is 5.68. The molecule has 3 aromatic rings. The number of nitrogens with zero attached hydrogens (tertiary/aromatic N) is 3. The molecule has 3 atom stereocenters. The van der Waals surface area contributed by atoms with E-state index in [2.05, 4.69) is 30.9 Å². The minimum Gasteiger partial charge on any atom is -0.370 e. The second-order valence-corrected chi connectivity index (χ2v) is 11.7. The molecule has 0 radical (unpaired) electrons. The molecule has 13 nitrogen and oxygen atoms in total. The van der Waals surface area contributed by atoms with E-state index in [0.29, 0.717) is 23.9 Å². The Morgan fingerprint density at radius 1 is 0.804 bits per heavy atom. The zero-order chi connectivity index (χ0) is 32.9. The quantitative estimate of drug-likeness (QED) is 0.0818. The van der Waals surface area contributed by atoms with Crippen molar-refractivity contribution < 1.29 is 19.2 Å². The van der Waals surface area contributed by atoms with Crippen LogP contribution in [0.3, 0.4) is 0 Å². The number of hydrogen-bond donors (Lipinski definition) is 6. The van der Waals surface area contributed by atoms with Gasteiger partial charge in [-0.2, -0.15) is 0 Å². The first-order valence-electron chi connectivity index (χ1n) is 15.7. The van der Waals surface area contributed by atoms with Crippen LogP contribution in [-0.4, -0.2) is 64.2 Å². The third kappa shape index (κ3) is 10.2. The van der Waals surface area contributed by atoms with E-state index in [-0.39, 0.29) is 37.0 Å². The number of nitrogens with two attached hydrogens (primary N) is 3. The summed E-state index contributed by atoms with van der Waals surface area (Å²) >= 11 is 0. The summed E-state index contributed by atoms with van der Waals surface area (Å²) in [6.45, 7) is 0.230. The molecule has 0 unspecified atom stereocenters.